The Morgan fingerprint density at radius 2 is 1.60 bits per heavy atom. The number of amides is 6. The molecule has 0 bridgehead atoms. The Hall–Kier alpha value is -5.28. The van der Waals surface area contributed by atoms with Crippen molar-refractivity contribution in [2.24, 2.45) is 11.3 Å². The van der Waals surface area contributed by atoms with Crippen molar-refractivity contribution in [3.05, 3.63) is 41.5 Å². The van der Waals surface area contributed by atoms with E-state index in [-0.39, 0.29) is 62.0 Å². The van der Waals surface area contributed by atoms with E-state index in [1.807, 2.05) is 39.0 Å². The normalized spacial score (nSPS) is 21.4. The maximum atomic E-state index is 14.8. The molecule has 0 aromatic heterocycles. The number of aryl methyl sites for hydroxylation is 2. The molecule has 16 heteroatoms. The first-order valence-corrected chi connectivity index (χ1v) is 21.9. The highest BCUT2D eigenvalue weighted by molar-refractivity contribution is 6.02. The number of ether oxygens (including phenoxy) is 2. The first kappa shape index (κ1) is 49.4. The van der Waals surface area contributed by atoms with Gasteiger partial charge in [0.05, 0.1) is 19.7 Å². The van der Waals surface area contributed by atoms with Crippen molar-refractivity contribution in [2.45, 2.75) is 155 Å². The number of rotatable bonds is 17. The number of Topliss-reactive ketones (excluding diaryl/α,β-unsaturated/α-hetero) is 1. The van der Waals surface area contributed by atoms with Gasteiger partial charge in [0.25, 0.3) is 0 Å². The fraction of sp³-hybridized carbons (Fsp3) is 0.652. The summed E-state index contributed by atoms with van der Waals surface area (Å²) in [6.45, 7) is 14.1. The molecule has 0 spiro atoms. The fourth-order valence-corrected chi connectivity index (χ4v) is 8.71. The quantitative estimate of drug-likeness (QED) is 0.133. The van der Waals surface area contributed by atoms with E-state index >= 15 is 0 Å². The van der Waals surface area contributed by atoms with Gasteiger partial charge >= 0.3 is 5.97 Å². The number of hydrogen-bond acceptors (Lipinski definition) is 10. The summed E-state index contributed by atoms with van der Waals surface area (Å²) in [7, 11) is 1.24. The van der Waals surface area contributed by atoms with Gasteiger partial charge in [-0.05, 0) is 88.7 Å². The largest absolute Gasteiger partial charge is 0.491 e. The minimum Gasteiger partial charge on any atom is -0.491 e. The molecule has 2 saturated heterocycles. The second kappa shape index (κ2) is 21.7. The van der Waals surface area contributed by atoms with Gasteiger partial charge in [-0.1, -0.05) is 64.3 Å². The van der Waals surface area contributed by atoms with Crippen molar-refractivity contribution in [1.29, 1.82) is 0 Å². The Morgan fingerprint density at radius 1 is 0.935 bits per heavy atom. The van der Waals surface area contributed by atoms with Crippen LogP contribution in [0.25, 0.3) is 0 Å². The predicted octanol–water partition coefficient (Wildman–Crippen LogP) is 3.35. The van der Waals surface area contributed by atoms with Crippen LogP contribution >= 0.6 is 0 Å². The molecule has 6 amide bonds. The number of esters is 1. The monoisotopic (exact) mass is 864 g/mol. The van der Waals surface area contributed by atoms with Crippen LogP contribution in [0.1, 0.15) is 117 Å². The van der Waals surface area contributed by atoms with E-state index in [1.165, 1.54) is 26.2 Å². The average Bonchev–Trinajstić information content (AvgIpc) is 3.82. The van der Waals surface area contributed by atoms with Crippen molar-refractivity contribution < 1.29 is 47.8 Å². The van der Waals surface area contributed by atoms with Crippen molar-refractivity contribution in [3.8, 4) is 5.75 Å². The van der Waals surface area contributed by atoms with Gasteiger partial charge in [0.15, 0.2) is 5.78 Å². The number of benzene rings is 1. The van der Waals surface area contributed by atoms with Crippen LogP contribution in [0.15, 0.2) is 30.4 Å². The van der Waals surface area contributed by atoms with Crippen LogP contribution in [0.5, 0.6) is 5.75 Å². The lowest BCUT2D eigenvalue weighted by Crippen LogP contribution is -2.64. The van der Waals surface area contributed by atoms with Crippen molar-refractivity contribution in [2.75, 3.05) is 26.8 Å². The van der Waals surface area contributed by atoms with E-state index in [0.29, 0.717) is 32.2 Å². The third kappa shape index (κ3) is 12.7. The third-order valence-electron chi connectivity index (χ3n) is 12.2. The molecule has 342 valence electrons. The Balaban J connectivity index is 1.52. The molecule has 1 saturated carbocycles. The molecule has 0 unspecified atom stereocenters. The van der Waals surface area contributed by atoms with Gasteiger partial charge in [-0.15, -0.1) is 0 Å². The second-order valence-corrected chi connectivity index (χ2v) is 18.4. The molecule has 3 aliphatic rings. The fourth-order valence-electron chi connectivity index (χ4n) is 8.71. The zero-order valence-corrected chi connectivity index (χ0v) is 38.0. The van der Waals surface area contributed by atoms with E-state index in [0.717, 1.165) is 41.0 Å². The molecule has 1 aromatic carbocycles. The minimum atomic E-state index is -1.25. The van der Waals surface area contributed by atoms with E-state index < -0.39 is 64.7 Å². The number of ketones is 1. The number of likely N-dealkylation sites (tertiary alicyclic amines) is 2. The van der Waals surface area contributed by atoms with Gasteiger partial charge in [-0.3, -0.25) is 33.6 Å². The number of nitrogens with one attached hydrogen (secondary N) is 4. The van der Waals surface area contributed by atoms with Gasteiger partial charge in [-0.2, -0.15) is 0 Å². The lowest BCUT2D eigenvalue weighted by Gasteiger charge is -2.40. The number of hydrogen-bond donors (Lipinski definition) is 4. The number of nitrogens with zero attached hydrogens (tertiary/aromatic N) is 2. The predicted molar refractivity (Wildman–Crippen MR) is 231 cm³/mol. The summed E-state index contributed by atoms with van der Waals surface area (Å²) in [5.41, 5.74) is -0.130. The van der Waals surface area contributed by atoms with Crippen LogP contribution < -0.4 is 26.0 Å². The zero-order chi connectivity index (χ0) is 45.9. The molecule has 16 nitrogen and oxygen atoms in total. The van der Waals surface area contributed by atoms with E-state index in [4.69, 9.17) is 4.74 Å². The highest BCUT2D eigenvalue weighted by Gasteiger charge is 2.50. The summed E-state index contributed by atoms with van der Waals surface area (Å²) in [6, 6.07) is 0.971. The zero-order valence-electron chi connectivity index (χ0n) is 38.0. The first-order valence-electron chi connectivity index (χ1n) is 21.9. The molecule has 2 heterocycles. The van der Waals surface area contributed by atoms with Crippen LogP contribution in [0.4, 0.5) is 0 Å². The lowest BCUT2D eigenvalue weighted by atomic mass is 9.82. The molecule has 4 rings (SSSR count). The van der Waals surface area contributed by atoms with Gasteiger partial charge in [0.1, 0.15) is 42.1 Å². The highest BCUT2D eigenvalue weighted by atomic mass is 16.5. The molecule has 1 aliphatic carbocycles. The maximum absolute atomic E-state index is 14.8. The summed E-state index contributed by atoms with van der Waals surface area (Å²) >= 11 is 0. The number of carbonyl (C=O) groups is 8. The summed E-state index contributed by atoms with van der Waals surface area (Å²) < 4.78 is 10.7. The molecule has 0 radical (unpaired) electrons. The van der Waals surface area contributed by atoms with Crippen molar-refractivity contribution >= 4 is 47.2 Å². The maximum Gasteiger partial charge on any atom is 0.330 e. The van der Waals surface area contributed by atoms with Crippen LogP contribution in [0.3, 0.4) is 0 Å². The van der Waals surface area contributed by atoms with Gasteiger partial charge in [0, 0.05) is 26.0 Å². The Kier molecular flexibility index (Phi) is 17.3. The number of para-hydroxylation sites is 1. The Bertz CT molecular complexity index is 1850. The van der Waals surface area contributed by atoms with E-state index in [2.05, 4.69) is 26.0 Å². The lowest BCUT2D eigenvalue weighted by molar-refractivity contribution is -0.149. The summed E-state index contributed by atoms with van der Waals surface area (Å²) in [4.78, 5) is 111. The smallest absolute Gasteiger partial charge is 0.330 e. The molecule has 6 atom stereocenters. The van der Waals surface area contributed by atoms with Crippen LogP contribution in [-0.4, -0.2) is 120 Å². The third-order valence-corrected chi connectivity index (χ3v) is 12.2. The van der Waals surface area contributed by atoms with Crippen molar-refractivity contribution in [3.63, 3.8) is 0 Å². The molecule has 4 N–H and O–H groups in total. The first-order chi connectivity index (χ1) is 29.2. The topological polar surface area (TPSA) is 210 Å². The molecule has 1 aromatic rings. The second-order valence-electron chi connectivity index (χ2n) is 18.4. The molecule has 62 heavy (non-hydrogen) atoms. The van der Waals surface area contributed by atoms with Crippen LogP contribution in [0.2, 0.25) is 0 Å². The molecule has 2 aliphatic heterocycles. The van der Waals surface area contributed by atoms with Gasteiger partial charge in [-0.25, -0.2) is 4.79 Å². The van der Waals surface area contributed by atoms with Crippen molar-refractivity contribution in [1.82, 2.24) is 31.1 Å². The standard InChI is InChI=1S/C46H68N6O10/c1-28-17-15-18-29(2)38(28)62-27-30(3)47-44(60)46(8)23-16-24-52(46)42(58)37(32-19-11-10-12-20-32)49-41(57)35-25-33(54)26-51(35)43(59)39(45(5,6)7)50-40(56)34(48-31(4)53)21-13-14-22-36(55)61-9/h14-15,17-18,22,30,32,34-35,37,39H,10-13,16,19-21,23-27H2,1-9H3,(H,47,60)(H,48,53)(H,49,57)(H,50,56)/b22-14+/t30-,34+,35+,37+,39-,46+/m1/s1. The number of allylic oxidation sites excluding steroid dienone is 1. The Labute approximate surface area is 366 Å². The molecule has 3 fully saturated rings. The SMILES string of the molecule is COC(=O)/C=C/CC[C@H](NC(C)=O)C(=O)N[C@H](C(=O)N1CC(=O)C[C@H]1C(=O)N[C@H](C(=O)N1CCC[C@@]1(C)C(=O)N[C@H](C)COc1c(C)cccc1C)C1CCCCC1)C(C)(C)C. The summed E-state index contributed by atoms with van der Waals surface area (Å²) in [5.74, 6) is -3.56. The molecular weight excluding hydrogens is 797 g/mol. The summed E-state index contributed by atoms with van der Waals surface area (Å²) in [6.07, 6.45) is 7.85. The van der Waals surface area contributed by atoms with Gasteiger partial charge < -0.3 is 40.5 Å². The molecular formula is C46H68N6O10. The van der Waals surface area contributed by atoms with E-state index in [9.17, 15) is 38.4 Å². The highest BCUT2D eigenvalue weighted by Crippen LogP contribution is 2.34. The Morgan fingerprint density at radius 3 is 2.21 bits per heavy atom. The minimum absolute atomic E-state index is 0.104. The number of carbonyl (C=O) groups excluding carboxylic acids is 8. The number of methoxy groups -OCH3 is 1. The van der Waals surface area contributed by atoms with E-state index in [1.54, 1.807) is 32.6 Å². The summed E-state index contributed by atoms with van der Waals surface area (Å²) in [5, 5.41) is 11.4. The van der Waals surface area contributed by atoms with Crippen LogP contribution in [-0.2, 0) is 43.1 Å². The van der Waals surface area contributed by atoms with Gasteiger partial charge in [0.2, 0.25) is 35.4 Å². The van der Waals surface area contributed by atoms with Crippen LogP contribution in [0, 0.1) is 25.2 Å². The average molecular weight is 865 g/mol.